The highest BCUT2D eigenvalue weighted by molar-refractivity contribution is 7.89. The van der Waals surface area contributed by atoms with E-state index in [4.69, 9.17) is 4.74 Å². The number of hydrogen-bond donors (Lipinski definition) is 2. The third kappa shape index (κ3) is 6.13. The number of halogens is 1. The zero-order valence-electron chi connectivity index (χ0n) is 15.4. The van der Waals surface area contributed by atoms with Crippen molar-refractivity contribution in [2.24, 2.45) is 0 Å². The number of rotatable bonds is 8. The van der Waals surface area contributed by atoms with Crippen LogP contribution in [0.2, 0.25) is 0 Å². The topological polar surface area (TPSA) is 87.7 Å². The first-order valence-electron chi connectivity index (χ1n) is 8.12. The molecular formula is C18H24ClN3O4S. The number of sulfonamides is 1. The van der Waals surface area contributed by atoms with Gasteiger partial charge in [-0.15, -0.1) is 12.4 Å². The Morgan fingerprint density at radius 1 is 1.07 bits per heavy atom. The fourth-order valence-electron chi connectivity index (χ4n) is 2.20. The number of ether oxygens (including phenoxy) is 1. The molecular weight excluding hydrogens is 390 g/mol. The zero-order chi connectivity index (χ0) is 19.2. The van der Waals surface area contributed by atoms with Crippen molar-refractivity contribution in [3.63, 3.8) is 0 Å². The Morgan fingerprint density at radius 2 is 1.74 bits per heavy atom. The second-order valence-electron chi connectivity index (χ2n) is 5.65. The first-order valence-corrected chi connectivity index (χ1v) is 9.56. The normalized spacial score (nSPS) is 10.8. The second kappa shape index (κ2) is 10.1. The van der Waals surface area contributed by atoms with Crippen LogP contribution in [0.1, 0.15) is 6.92 Å². The average Bonchev–Trinajstić information content (AvgIpc) is 2.62. The van der Waals surface area contributed by atoms with Gasteiger partial charge in [0.1, 0.15) is 10.6 Å². The van der Waals surface area contributed by atoms with Crippen molar-refractivity contribution >= 4 is 39.7 Å². The smallest absolute Gasteiger partial charge is 0.246 e. The zero-order valence-corrected chi connectivity index (χ0v) is 17.1. The molecule has 7 nitrogen and oxygen atoms in total. The molecule has 0 radical (unpaired) electrons. The molecule has 0 aliphatic rings. The van der Waals surface area contributed by atoms with Crippen molar-refractivity contribution in [1.82, 2.24) is 4.31 Å². The molecule has 0 saturated heterocycles. The van der Waals surface area contributed by atoms with Gasteiger partial charge in [0.25, 0.3) is 0 Å². The van der Waals surface area contributed by atoms with Crippen LogP contribution in [-0.2, 0) is 14.8 Å². The fraction of sp³-hybridized carbons (Fsp3) is 0.278. The Labute approximate surface area is 166 Å². The van der Waals surface area contributed by atoms with E-state index in [1.807, 2.05) is 30.3 Å². The maximum atomic E-state index is 12.5. The molecule has 2 rings (SSSR count). The van der Waals surface area contributed by atoms with Gasteiger partial charge in [-0.05, 0) is 37.3 Å². The van der Waals surface area contributed by atoms with E-state index in [1.165, 1.54) is 20.2 Å². The van der Waals surface area contributed by atoms with Crippen molar-refractivity contribution < 1.29 is 17.9 Å². The molecule has 27 heavy (non-hydrogen) atoms. The van der Waals surface area contributed by atoms with Gasteiger partial charge in [0, 0.05) is 25.5 Å². The van der Waals surface area contributed by atoms with Gasteiger partial charge in [0.15, 0.2) is 0 Å². The van der Waals surface area contributed by atoms with Gasteiger partial charge in [-0.3, -0.25) is 4.79 Å². The summed E-state index contributed by atoms with van der Waals surface area (Å²) < 4.78 is 31.5. The largest absolute Gasteiger partial charge is 0.492 e. The van der Waals surface area contributed by atoms with Gasteiger partial charge in [-0.2, -0.15) is 0 Å². The Hall–Kier alpha value is -2.29. The van der Waals surface area contributed by atoms with Crippen LogP contribution < -0.4 is 15.4 Å². The lowest BCUT2D eigenvalue weighted by atomic mass is 10.3. The number of nitrogens with zero attached hydrogens (tertiary/aromatic N) is 1. The number of benzene rings is 2. The first-order chi connectivity index (χ1) is 12.3. The minimum absolute atomic E-state index is 0. The number of hydrogen-bond acceptors (Lipinski definition) is 5. The van der Waals surface area contributed by atoms with E-state index in [-0.39, 0.29) is 35.5 Å². The quantitative estimate of drug-likeness (QED) is 0.694. The van der Waals surface area contributed by atoms with E-state index >= 15 is 0 Å². The minimum Gasteiger partial charge on any atom is -0.492 e. The van der Waals surface area contributed by atoms with Crippen LogP contribution in [0.3, 0.4) is 0 Å². The van der Waals surface area contributed by atoms with Gasteiger partial charge in [-0.25, -0.2) is 12.7 Å². The van der Waals surface area contributed by atoms with E-state index in [1.54, 1.807) is 19.1 Å². The molecule has 0 bridgehead atoms. The van der Waals surface area contributed by atoms with E-state index in [0.717, 1.165) is 9.99 Å². The Balaban J connectivity index is 0.00000364. The summed E-state index contributed by atoms with van der Waals surface area (Å²) in [6.07, 6.45) is 0. The van der Waals surface area contributed by atoms with Gasteiger partial charge in [-0.1, -0.05) is 18.2 Å². The van der Waals surface area contributed by atoms with Crippen molar-refractivity contribution in [2.75, 3.05) is 37.9 Å². The molecule has 0 aliphatic carbocycles. The van der Waals surface area contributed by atoms with E-state index in [9.17, 15) is 13.2 Å². The molecule has 0 saturated carbocycles. The van der Waals surface area contributed by atoms with E-state index < -0.39 is 10.0 Å². The van der Waals surface area contributed by atoms with Crippen LogP contribution >= 0.6 is 12.4 Å². The van der Waals surface area contributed by atoms with Gasteiger partial charge in [0.2, 0.25) is 15.9 Å². The predicted octanol–water partition coefficient (Wildman–Crippen LogP) is 2.81. The standard InChI is InChI=1S/C18H23N3O4S.ClH/c1-4-25-16-11-10-15(12-17(16)26(23,24)21(2)3)20-18(22)13-19-14-8-6-5-7-9-14;/h5-12,19H,4,13H2,1-3H3,(H,20,22);1H. The number of para-hydroxylation sites is 1. The summed E-state index contributed by atoms with van der Waals surface area (Å²) in [5.74, 6) is -0.0344. The summed E-state index contributed by atoms with van der Waals surface area (Å²) in [5.41, 5.74) is 1.21. The molecule has 0 heterocycles. The lowest BCUT2D eigenvalue weighted by molar-refractivity contribution is -0.114. The number of amides is 1. The van der Waals surface area contributed by atoms with Gasteiger partial charge < -0.3 is 15.4 Å². The maximum Gasteiger partial charge on any atom is 0.246 e. The molecule has 148 valence electrons. The molecule has 0 aliphatic heterocycles. The van der Waals surface area contributed by atoms with E-state index in [0.29, 0.717) is 12.3 Å². The SMILES string of the molecule is CCOc1ccc(NC(=O)CNc2ccccc2)cc1S(=O)(=O)N(C)C.Cl. The summed E-state index contributed by atoms with van der Waals surface area (Å²) in [4.78, 5) is 12.1. The monoisotopic (exact) mass is 413 g/mol. The highest BCUT2D eigenvalue weighted by atomic mass is 35.5. The van der Waals surface area contributed by atoms with Crippen molar-refractivity contribution in [3.8, 4) is 5.75 Å². The van der Waals surface area contributed by atoms with Gasteiger partial charge in [0.05, 0.1) is 13.2 Å². The molecule has 2 aromatic carbocycles. The van der Waals surface area contributed by atoms with Crippen LogP contribution in [0.5, 0.6) is 5.75 Å². The summed E-state index contributed by atoms with van der Waals surface area (Å²) in [6.45, 7) is 2.17. The Bertz CT molecular complexity index is 858. The Kier molecular flexibility index (Phi) is 8.55. The maximum absolute atomic E-state index is 12.5. The van der Waals surface area contributed by atoms with Crippen molar-refractivity contribution in [3.05, 3.63) is 48.5 Å². The van der Waals surface area contributed by atoms with Crippen LogP contribution in [0.4, 0.5) is 11.4 Å². The third-order valence-corrected chi connectivity index (χ3v) is 5.35. The lowest BCUT2D eigenvalue weighted by Gasteiger charge is -2.16. The summed E-state index contributed by atoms with van der Waals surface area (Å²) in [5, 5.41) is 5.69. The Morgan fingerprint density at radius 3 is 2.33 bits per heavy atom. The van der Waals surface area contributed by atoms with Crippen LogP contribution in [0.15, 0.2) is 53.4 Å². The minimum atomic E-state index is -3.70. The lowest BCUT2D eigenvalue weighted by Crippen LogP contribution is -2.24. The average molecular weight is 414 g/mol. The fourth-order valence-corrected chi connectivity index (χ4v) is 3.25. The molecule has 9 heteroatoms. The van der Waals surface area contributed by atoms with Crippen LogP contribution in [0.25, 0.3) is 0 Å². The van der Waals surface area contributed by atoms with Crippen LogP contribution in [-0.4, -0.2) is 45.9 Å². The van der Waals surface area contributed by atoms with Crippen LogP contribution in [0, 0.1) is 0 Å². The molecule has 1 amide bonds. The predicted molar refractivity (Wildman–Crippen MR) is 109 cm³/mol. The number of anilines is 2. The second-order valence-corrected chi connectivity index (χ2v) is 7.77. The molecule has 2 aromatic rings. The highest BCUT2D eigenvalue weighted by Crippen LogP contribution is 2.29. The summed E-state index contributed by atoms with van der Waals surface area (Å²) >= 11 is 0. The highest BCUT2D eigenvalue weighted by Gasteiger charge is 2.23. The first kappa shape index (κ1) is 22.8. The number of carbonyl (C=O) groups excluding carboxylic acids is 1. The van der Waals surface area contributed by atoms with Crippen molar-refractivity contribution in [2.45, 2.75) is 11.8 Å². The summed E-state index contributed by atoms with van der Waals surface area (Å²) in [7, 11) is -0.813. The van der Waals surface area contributed by atoms with Crippen molar-refractivity contribution in [1.29, 1.82) is 0 Å². The molecule has 0 aromatic heterocycles. The molecule has 0 spiro atoms. The third-order valence-electron chi connectivity index (χ3n) is 3.51. The molecule has 0 unspecified atom stereocenters. The van der Waals surface area contributed by atoms with E-state index in [2.05, 4.69) is 10.6 Å². The van der Waals surface area contributed by atoms with Gasteiger partial charge >= 0.3 is 0 Å². The molecule has 2 N–H and O–H groups in total. The number of carbonyl (C=O) groups is 1. The summed E-state index contributed by atoms with van der Waals surface area (Å²) in [6, 6.07) is 13.9. The molecule has 0 fully saturated rings. The molecule has 0 atom stereocenters. The number of nitrogens with one attached hydrogen (secondary N) is 2.